The lowest BCUT2D eigenvalue weighted by Crippen LogP contribution is -2.02. The Balaban J connectivity index is 1.90. The molecule has 0 atom stereocenters. The van der Waals surface area contributed by atoms with Gasteiger partial charge in [0.2, 0.25) is 0 Å². The zero-order valence-corrected chi connectivity index (χ0v) is 14.2. The largest absolute Gasteiger partial charge is 0.341 e. The van der Waals surface area contributed by atoms with Gasteiger partial charge in [-0.3, -0.25) is 0 Å². The molecule has 21 heavy (non-hydrogen) atoms. The van der Waals surface area contributed by atoms with Crippen molar-refractivity contribution in [3.63, 3.8) is 0 Å². The summed E-state index contributed by atoms with van der Waals surface area (Å²) in [6, 6.07) is 14.6. The molecule has 0 unspecified atom stereocenters. The van der Waals surface area contributed by atoms with Crippen LogP contribution in [0.4, 0.5) is 5.69 Å². The predicted octanol–water partition coefficient (Wildman–Crippen LogP) is 5.33. The molecule has 2 nitrogen and oxygen atoms in total. The van der Waals surface area contributed by atoms with Gasteiger partial charge in [0.05, 0.1) is 10.2 Å². The maximum absolute atomic E-state index is 5.16. The normalized spacial score (nSPS) is 10.8. The van der Waals surface area contributed by atoms with Crippen LogP contribution in [0.5, 0.6) is 0 Å². The molecule has 0 radical (unpaired) electrons. The lowest BCUT2D eigenvalue weighted by Gasteiger charge is -2.05. The maximum Gasteiger partial charge on any atom is 0.137 e. The molecule has 3 aromatic rings. The highest BCUT2D eigenvalue weighted by Crippen LogP contribution is 2.31. The predicted molar refractivity (Wildman–Crippen MR) is 99.5 cm³/mol. The molecule has 5 heteroatoms. The fraction of sp³-hybridized carbons (Fsp3) is 0.125. The lowest BCUT2D eigenvalue weighted by atomic mass is 10.2. The van der Waals surface area contributed by atoms with Crippen LogP contribution in [0.15, 0.2) is 42.5 Å². The minimum absolute atomic E-state index is 0.776. The molecule has 3 rings (SSSR count). The van der Waals surface area contributed by atoms with Gasteiger partial charge in [-0.2, -0.15) is 0 Å². The van der Waals surface area contributed by atoms with Crippen molar-refractivity contribution in [2.24, 2.45) is 0 Å². The van der Waals surface area contributed by atoms with Gasteiger partial charge >= 0.3 is 0 Å². The Morgan fingerprint density at radius 3 is 2.67 bits per heavy atom. The number of thiocarbonyl (C=S) groups is 1. The highest BCUT2D eigenvalue weighted by Gasteiger charge is 2.06. The summed E-state index contributed by atoms with van der Waals surface area (Å²) < 4.78 is 2.01. The average Bonchev–Trinajstić information content (AvgIpc) is 2.90. The topological polar surface area (TPSA) is 24.9 Å². The monoisotopic (exact) mass is 330 g/mol. The number of thiazole rings is 1. The number of aromatic nitrogens is 1. The van der Waals surface area contributed by atoms with E-state index < -0.39 is 0 Å². The van der Waals surface area contributed by atoms with Crippen LogP contribution in [0.25, 0.3) is 20.8 Å². The summed E-state index contributed by atoms with van der Waals surface area (Å²) in [7, 11) is 0. The fourth-order valence-electron chi connectivity index (χ4n) is 2.02. The van der Waals surface area contributed by atoms with E-state index in [2.05, 4.69) is 42.6 Å². The minimum atomic E-state index is 0.776. The van der Waals surface area contributed by atoms with E-state index in [9.17, 15) is 0 Å². The molecular formula is C16H14N2S3. The Bertz CT molecular complexity index is 791. The van der Waals surface area contributed by atoms with Crippen LogP contribution in [0.2, 0.25) is 0 Å². The molecule has 0 spiro atoms. The third-order valence-electron chi connectivity index (χ3n) is 3.11. The van der Waals surface area contributed by atoms with Crippen molar-refractivity contribution in [1.82, 2.24) is 4.98 Å². The molecule has 0 fully saturated rings. The van der Waals surface area contributed by atoms with Crippen LogP contribution in [0.1, 0.15) is 5.56 Å². The lowest BCUT2D eigenvalue weighted by molar-refractivity contribution is 1.45. The molecule has 0 aliphatic heterocycles. The molecule has 0 aliphatic rings. The summed E-state index contributed by atoms with van der Waals surface area (Å²) in [5.41, 5.74) is 4.47. The molecule has 1 heterocycles. The minimum Gasteiger partial charge on any atom is -0.341 e. The number of thioether (sulfide) groups is 1. The zero-order valence-electron chi connectivity index (χ0n) is 11.7. The second-order valence-corrected chi connectivity index (χ2v) is 7.20. The Kier molecular flexibility index (Phi) is 4.24. The molecule has 0 aliphatic carbocycles. The molecule has 1 N–H and O–H groups in total. The highest BCUT2D eigenvalue weighted by atomic mass is 32.2. The van der Waals surface area contributed by atoms with Crippen molar-refractivity contribution in [3.05, 3.63) is 48.0 Å². The zero-order chi connectivity index (χ0) is 14.8. The van der Waals surface area contributed by atoms with Gasteiger partial charge in [0.15, 0.2) is 0 Å². The van der Waals surface area contributed by atoms with Crippen molar-refractivity contribution in [2.75, 3.05) is 11.6 Å². The van der Waals surface area contributed by atoms with Crippen LogP contribution >= 0.6 is 35.3 Å². The van der Waals surface area contributed by atoms with Gasteiger partial charge in [0, 0.05) is 11.3 Å². The molecule has 0 saturated carbocycles. The van der Waals surface area contributed by atoms with Crippen molar-refractivity contribution in [2.45, 2.75) is 6.92 Å². The summed E-state index contributed by atoms with van der Waals surface area (Å²) in [6.45, 7) is 2.11. The number of nitrogens with zero attached hydrogens (tertiary/aromatic N) is 1. The summed E-state index contributed by atoms with van der Waals surface area (Å²) in [5, 5.41) is 4.23. The van der Waals surface area contributed by atoms with Crippen molar-refractivity contribution < 1.29 is 0 Å². The summed E-state index contributed by atoms with van der Waals surface area (Å²) in [6.07, 6.45) is 1.97. The molecule has 2 aromatic carbocycles. The summed E-state index contributed by atoms with van der Waals surface area (Å²) in [5.74, 6) is 0. The summed E-state index contributed by atoms with van der Waals surface area (Å²) >= 11 is 8.42. The molecule has 0 saturated heterocycles. The van der Waals surface area contributed by atoms with Gasteiger partial charge in [-0.15, -0.1) is 23.1 Å². The van der Waals surface area contributed by atoms with E-state index >= 15 is 0 Å². The third-order valence-corrected chi connectivity index (χ3v) is 5.25. The van der Waals surface area contributed by atoms with Gasteiger partial charge in [0.25, 0.3) is 0 Å². The second kappa shape index (κ2) is 6.13. The fourth-order valence-corrected chi connectivity index (χ4v) is 3.43. The number of hydrogen-bond donors (Lipinski definition) is 1. The van der Waals surface area contributed by atoms with Crippen LogP contribution in [0, 0.1) is 6.92 Å². The summed E-state index contributed by atoms with van der Waals surface area (Å²) in [4.78, 5) is 4.70. The highest BCUT2D eigenvalue weighted by molar-refractivity contribution is 8.22. The Morgan fingerprint density at radius 2 is 1.95 bits per heavy atom. The van der Waals surface area contributed by atoms with Gasteiger partial charge in [-0.1, -0.05) is 18.3 Å². The standard InChI is InChI=1S/C16H14N2S3/c1-10-3-8-13-14(9-10)21-15(18-13)11-4-6-12(7-5-11)17-16(19)20-2/h3-9H,1-2H3,(H,17,19). The van der Waals surface area contributed by atoms with Gasteiger partial charge in [-0.25, -0.2) is 4.98 Å². The molecular weight excluding hydrogens is 316 g/mol. The molecule has 1 aromatic heterocycles. The smallest absolute Gasteiger partial charge is 0.137 e. The maximum atomic E-state index is 5.16. The first-order chi connectivity index (χ1) is 10.2. The van der Waals surface area contributed by atoms with E-state index in [-0.39, 0.29) is 0 Å². The molecule has 0 bridgehead atoms. The van der Waals surface area contributed by atoms with Crippen LogP contribution < -0.4 is 5.32 Å². The van der Waals surface area contributed by atoms with Gasteiger partial charge < -0.3 is 5.32 Å². The van der Waals surface area contributed by atoms with Crippen LogP contribution in [0.3, 0.4) is 0 Å². The van der Waals surface area contributed by atoms with E-state index in [1.54, 1.807) is 11.3 Å². The number of nitrogens with one attached hydrogen (secondary N) is 1. The SMILES string of the molecule is CSC(=S)Nc1ccc(-c2nc3ccc(C)cc3s2)cc1. The quantitative estimate of drug-likeness (QED) is 0.642. The number of rotatable bonds is 2. The van der Waals surface area contributed by atoms with Crippen molar-refractivity contribution >= 4 is 55.5 Å². The third kappa shape index (κ3) is 3.26. The van der Waals surface area contributed by atoms with Gasteiger partial charge in [-0.05, 0) is 55.1 Å². The van der Waals surface area contributed by atoms with Gasteiger partial charge in [0.1, 0.15) is 9.33 Å². The Labute approximate surface area is 137 Å². The average molecular weight is 331 g/mol. The van der Waals surface area contributed by atoms with E-state index in [0.717, 1.165) is 26.1 Å². The van der Waals surface area contributed by atoms with Crippen molar-refractivity contribution in [3.8, 4) is 10.6 Å². The Morgan fingerprint density at radius 1 is 1.19 bits per heavy atom. The number of hydrogen-bond acceptors (Lipinski definition) is 4. The molecule has 0 amide bonds. The van der Waals surface area contributed by atoms with Crippen LogP contribution in [-0.2, 0) is 0 Å². The first-order valence-electron chi connectivity index (χ1n) is 6.48. The number of anilines is 1. The van der Waals surface area contributed by atoms with E-state index in [0.29, 0.717) is 0 Å². The van der Waals surface area contributed by atoms with E-state index in [4.69, 9.17) is 17.2 Å². The number of fused-ring (bicyclic) bond motifs is 1. The number of aryl methyl sites for hydroxylation is 1. The van der Waals surface area contributed by atoms with E-state index in [1.807, 2.05) is 18.4 Å². The van der Waals surface area contributed by atoms with Crippen molar-refractivity contribution in [1.29, 1.82) is 0 Å². The Hall–Kier alpha value is -1.43. The number of benzene rings is 2. The van der Waals surface area contributed by atoms with E-state index in [1.165, 1.54) is 22.0 Å². The first kappa shape index (κ1) is 14.5. The second-order valence-electron chi connectivity index (χ2n) is 4.68. The molecule has 106 valence electrons. The first-order valence-corrected chi connectivity index (χ1v) is 8.93. The van der Waals surface area contributed by atoms with Crippen LogP contribution in [-0.4, -0.2) is 15.6 Å².